The minimum Gasteiger partial charge on any atom is -0.340 e. The second-order valence-electron chi connectivity index (χ2n) is 6.99. The van der Waals surface area contributed by atoms with Crippen molar-refractivity contribution in [2.75, 3.05) is 30.0 Å². The monoisotopic (exact) mass is 387 g/mol. The van der Waals surface area contributed by atoms with Crippen molar-refractivity contribution >= 4 is 27.1 Å². The molecule has 27 heavy (non-hydrogen) atoms. The number of sulfone groups is 1. The first-order chi connectivity index (χ1) is 12.8. The molecule has 6 nitrogen and oxygen atoms in total. The van der Waals surface area contributed by atoms with E-state index in [2.05, 4.69) is 16.0 Å². The first kappa shape index (κ1) is 19.4. The summed E-state index contributed by atoms with van der Waals surface area (Å²) in [5.74, 6) is -0.0242. The summed E-state index contributed by atoms with van der Waals surface area (Å²) in [7, 11) is -1.37. The van der Waals surface area contributed by atoms with E-state index in [4.69, 9.17) is 0 Å². The zero-order chi connectivity index (χ0) is 19.6. The molecular weight excluding hydrogens is 362 g/mol. The zero-order valence-corrected chi connectivity index (χ0v) is 16.7. The SMILES string of the molecule is CCN(c1cccc(C)c1)c1cncc(C(=O)N(C)C2CCS(=O)(=O)C2)c1. The fourth-order valence-electron chi connectivity index (χ4n) is 3.45. The van der Waals surface area contributed by atoms with Crippen LogP contribution in [0.15, 0.2) is 42.7 Å². The molecule has 1 aliphatic heterocycles. The Labute approximate surface area is 160 Å². The van der Waals surface area contributed by atoms with Gasteiger partial charge in [-0.25, -0.2) is 8.42 Å². The molecule has 1 saturated heterocycles. The molecule has 0 bridgehead atoms. The number of hydrogen-bond acceptors (Lipinski definition) is 5. The predicted molar refractivity (Wildman–Crippen MR) is 107 cm³/mol. The molecule has 1 amide bonds. The third kappa shape index (κ3) is 4.30. The van der Waals surface area contributed by atoms with E-state index in [1.165, 1.54) is 11.1 Å². The number of nitrogens with zero attached hydrogens (tertiary/aromatic N) is 3. The fraction of sp³-hybridized carbons (Fsp3) is 0.400. The van der Waals surface area contributed by atoms with Crippen molar-refractivity contribution in [1.29, 1.82) is 0 Å². The highest BCUT2D eigenvalue weighted by molar-refractivity contribution is 7.91. The maximum atomic E-state index is 12.9. The van der Waals surface area contributed by atoms with Gasteiger partial charge in [0.25, 0.3) is 5.91 Å². The molecule has 2 aromatic rings. The standard InChI is InChI=1S/C20H25N3O3S/c1-4-23(17-7-5-6-15(2)10-17)19-11-16(12-21-13-19)20(24)22(3)18-8-9-27(25,26)14-18/h5-7,10-13,18H,4,8-9,14H2,1-3H3. The van der Waals surface area contributed by atoms with Crippen LogP contribution in [0.3, 0.4) is 0 Å². The molecule has 1 aromatic heterocycles. The van der Waals surface area contributed by atoms with Crippen LogP contribution in [0.1, 0.15) is 29.3 Å². The van der Waals surface area contributed by atoms with Gasteiger partial charge in [0.2, 0.25) is 0 Å². The number of carbonyl (C=O) groups is 1. The number of carbonyl (C=O) groups excluding carboxylic acids is 1. The number of hydrogen-bond donors (Lipinski definition) is 0. The third-order valence-electron chi connectivity index (χ3n) is 4.99. The molecular formula is C20H25N3O3S. The van der Waals surface area contributed by atoms with Crippen molar-refractivity contribution in [3.05, 3.63) is 53.9 Å². The molecule has 0 spiro atoms. The first-order valence-corrected chi connectivity index (χ1v) is 10.9. The Morgan fingerprint density at radius 2 is 2.00 bits per heavy atom. The summed E-state index contributed by atoms with van der Waals surface area (Å²) in [4.78, 5) is 20.8. The summed E-state index contributed by atoms with van der Waals surface area (Å²) >= 11 is 0. The van der Waals surface area contributed by atoms with E-state index in [9.17, 15) is 13.2 Å². The van der Waals surface area contributed by atoms with Crippen LogP contribution in [-0.4, -0.2) is 55.3 Å². The van der Waals surface area contributed by atoms with E-state index in [1.54, 1.807) is 13.2 Å². The van der Waals surface area contributed by atoms with Crippen LogP contribution in [0.25, 0.3) is 0 Å². The highest BCUT2D eigenvalue weighted by atomic mass is 32.2. The van der Waals surface area contributed by atoms with Gasteiger partial charge in [0.15, 0.2) is 9.84 Å². The van der Waals surface area contributed by atoms with Crippen molar-refractivity contribution < 1.29 is 13.2 Å². The number of aryl methyl sites for hydroxylation is 1. The molecule has 0 N–H and O–H groups in total. The van der Waals surface area contributed by atoms with Gasteiger partial charge < -0.3 is 9.80 Å². The second-order valence-corrected chi connectivity index (χ2v) is 9.22. The highest BCUT2D eigenvalue weighted by Gasteiger charge is 2.33. The average Bonchev–Trinajstić information content (AvgIpc) is 3.01. The van der Waals surface area contributed by atoms with Gasteiger partial charge in [0, 0.05) is 31.5 Å². The normalized spacial score (nSPS) is 18.3. The number of pyridine rings is 1. The summed E-state index contributed by atoms with van der Waals surface area (Å²) in [6.45, 7) is 4.83. The lowest BCUT2D eigenvalue weighted by Gasteiger charge is -2.26. The van der Waals surface area contributed by atoms with Crippen LogP contribution in [0.2, 0.25) is 0 Å². The predicted octanol–water partition coefficient (Wildman–Crippen LogP) is 2.81. The van der Waals surface area contributed by atoms with Crippen LogP contribution in [-0.2, 0) is 9.84 Å². The molecule has 1 aromatic carbocycles. The van der Waals surface area contributed by atoms with Crippen molar-refractivity contribution in [2.45, 2.75) is 26.3 Å². The lowest BCUT2D eigenvalue weighted by Crippen LogP contribution is -2.38. The average molecular weight is 388 g/mol. The molecule has 0 saturated carbocycles. The van der Waals surface area contributed by atoms with Crippen LogP contribution in [0.5, 0.6) is 0 Å². The first-order valence-electron chi connectivity index (χ1n) is 9.07. The lowest BCUT2D eigenvalue weighted by atomic mass is 10.1. The summed E-state index contributed by atoms with van der Waals surface area (Å²) in [5.41, 5.74) is 3.50. The third-order valence-corrected chi connectivity index (χ3v) is 6.74. The largest absolute Gasteiger partial charge is 0.340 e. The molecule has 1 unspecified atom stereocenters. The molecule has 0 aliphatic carbocycles. The maximum Gasteiger partial charge on any atom is 0.255 e. The highest BCUT2D eigenvalue weighted by Crippen LogP contribution is 2.26. The van der Waals surface area contributed by atoms with Gasteiger partial charge in [0.05, 0.1) is 29.0 Å². The molecule has 144 valence electrons. The van der Waals surface area contributed by atoms with Crippen molar-refractivity contribution in [3.8, 4) is 0 Å². The van der Waals surface area contributed by atoms with E-state index in [0.717, 1.165) is 23.5 Å². The number of anilines is 2. The maximum absolute atomic E-state index is 12.9. The Morgan fingerprint density at radius 1 is 1.22 bits per heavy atom. The van der Waals surface area contributed by atoms with Gasteiger partial charge in [-0.05, 0) is 44.0 Å². The van der Waals surface area contributed by atoms with Crippen LogP contribution in [0, 0.1) is 6.92 Å². The van der Waals surface area contributed by atoms with Crippen molar-refractivity contribution in [2.24, 2.45) is 0 Å². The van der Waals surface area contributed by atoms with Gasteiger partial charge in [0.1, 0.15) is 0 Å². The Kier molecular flexibility index (Phi) is 5.51. The molecule has 0 radical (unpaired) electrons. The minimum atomic E-state index is -3.04. The van der Waals surface area contributed by atoms with E-state index in [-0.39, 0.29) is 23.5 Å². The van der Waals surface area contributed by atoms with E-state index < -0.39 is 9.84 Å². The molecule has 1 aliphatic rings. The topological polar surface area (TPSA) is 70.6 Å². The Hall–Kier alpha value is -2.41. The number of rotatable bonds is 5. The molecule has 1 atom stereocenters. The van der Waals surface area contributed by atoms with Gasteiger partial charge in [-0.3, -0.25) is 9.78 Å². The van der Waals surface area contributed by atoms with Gasteiger partial charge in [-0.15, -0.1) is 0 Å². The quantitative estimate of drug-likeness (QED) is 0.789. The van der Waals surface area contributed by atoms with Gasteiger partial charge in [-0.1, -0.05) is 12.1 Å². The summed E-state index contributed by atoms with van der Waals surface area (Å²) in [6, 6.07) is 9.71. The van der Waals surface area contributed by atoms with Crippen molar-refractivity contribution in [3.63, 3.8) is 0 Å². The number of amides is 1. The molecule has 2 heterocycles. The minimum absolute atomic E-state index is 0.0345. The van der Waals surface area contributed by atoms with Gasteiger partial charge in [-0.2, -0.15) is 0 Å². The Balaban J connectivity index is 1.85. The summed E-state index contributed by atoms with van der Waals surface area (Å²) < 4.78 is 23.4. The van der Waals surface area contributed by atoms with E-state index >= 15 is 0 Å². The van der Waals surface area contributed by atoms with E-state index in [1.807, 2.05) is 38.1 Å². The lowest BCUT2D eigenvalue weighted by molar-refractivity contribution is 0.0747. The Morgan fingerprint density at radius 3 is 2.63 bits per heavy atom. The fourth-order valence-corrected chi connectivity index (χ4v) is 5.23. The van der Waals surface area contributed by atoms with Crippen LogP contribution >= 0.6 is 0 Å². The van der Waals surface area contributed by atoms with Crippen molar-refractivity contribution in [1.82, 2.24) is 9.88 Å². The molecule has 3 rings (SSSR count). The molecule has 7 heteroatoms. The summed E-state index contributed by atoms with van der Waals surface area (Å²) in [5, 5.41) is 0. The van der Waals surface area contributed by atoms with Crippen LogP contribution in [0.4, 0.5) is 11.4 Å². The van der Waals surface area contributed by atoms with E-state index in [0.29, 0.717) is 12.0 Å². The van der Waals surface area contributed by atoms with Crippen LogP contribution < -0.4 is 4.90 Å². The van der Waals surface area contributed by atoms with Gasteiger partial charge >= 0.3 is 0 Å². The summed E-state index contributed by atoms with van der Waals surface area (Å²) in [6.07, 6.45) is 3.76. The second kappa shape index (κ2) is 7.68. The zero-order valence-electron chi connectivity index (χ0n) is 15.9. The smallest absolute Gasteiger partial charge is 0.255 e. The molecule has 1 fully saturated rings. The number of benzene rings is 1. The Bertz CT molecular complexity index is 943. The number of aromatic nitrogens is 1.